The number of hydrogen-bond acceptors (Lipinski definition) is 4. The van der Waals surface area contributed by atoms with Crippen molar-refractivity contribution in [2.24, 2.45) is 0 Å². The molecule has 146 valence electrons. The highest BCUT2D eigenvalue weighted by Crippen LogP contribution is 2.33. The lowest BCUT2D eigenvalue weighted by Gasteiger charge is -2.27. The van der Waals surface area contributed by atoms with Crippen molar-refractivity contribution in [1.29, 1.82) is 0 Å². The van der Waals surface area contributed by atoms with Crippen LogP contribution in [-0.2, 0) is 6.54 Å². The molecule has 2 aliphatic heterocycles. The molecule has 0 radical (unpaired) electrons. The van der Waals surface area contributed by atoms with Gasteiger partial charge in [-0.1, -0.05) is 38.1 Å². The molecule has 0 aliphatic carbocycles. The van der Waals surface area contributed by atoms with Gasteiger partial charge in [0.2, 0.25) is 5.78 Å². The first-order chi connectivity index (χ1) is 13.7. The number of hydrogen-bond donors (Lipinski definition) is 1. The maximum Gasteiger partial charge on any atom is 0.234 e. The summed E-state index contributed by atoms with van der Waals surface area (Å²) in [5.74, 6) is 1.33. The molecule has 0 amide bonds. The van der Waals surface area contributed by atoms with Crippen molar-refractivity contribution in [2.45, 2.75) is 57.7 Å². The largest absolute Gasteiger partial charge is 0.315 e. The van der Waals surface area contributed by atoms with Crippen molar-refractivity contribution in [3.8, 4) is 11.3 Å². The van der Waals surface area contributed by atoms with Crippen LogP contribution in [0.25, 0.3) is 17.0 Å². The Labute approximate surface area is 166 Å². The van der Waals surface area contributed by atoms with Crippen LogP contribution in [0.1, 0.15) is 50.3 Å². The molecule has 0 saturated carbocycles. The van der Waals surface area contributed by atoms with Crippen LogP contribution in [0.4, 0.5) is 0 Å². The molecule has 28 heavy (non-hydrogen) atoms. The number of rotatable bonds is 4. The van der Waals surface area contributed by atoms with Gasteiger partial charge in [-0.2, -0.15) is 0 Å². The van der Waals surface area contributed by atoms with Gasteiger partial charge in [0.15, 0.2) is 0 Å². The average Bonchev–Trinajstić information content (AvgIpc) is 3.18. The van der Waals surface area contributed by atoms with Crippen LogP contribution >= 0.6 is 0 Å². The normalized spacial score (nSPS) is 22.8. The molecule has 2 atom stereocenters. The average molecular weight is 376 g/mol. The van der Waals surface area contributed by atoms with E-state index in [9.17, 15) is 0 Å². The molecule has 3 aromatic rings. The molecule has 4 heterocycles. The summed E-state index contributed by atoms with van der Waals surface area (Å²) in [4.78, 5) is 12.2. The van der Waals surface area contributed by atoms with Crippen LogP contribution in [-0.4, -0.2) is 44.4 Å². The van der Waals surface area contributed by atoms with E-state index in [1.807, 2.05) is 12.3 Å². The second-order valence-electron chi connectivity index (χ2n) is 8.52. The van der Waals surface area contributed by atoms with Crippen LogP contribution in [0.3, 0.4) is 0 Å². The van der Waals surface area contributed by atoms with E-state index in [4.69, 9.17) is 4.98 Å². The predicted molar refractivity (Wildman–Crippen MR) is 112 cm³/mol. The number of nitrogens with one attached hydrogen (secondary N) is 1. The van der Waals surface area contributed by atoms with E-state index < -0.39 is 0 Å². The summed E-state index contributed by atoms with van der Waals surface area (Å²) in [6.45, 7) is 7.64. The number of fused-ring (bicyclic) bond motifs is 3. The molecular weight excluding hydrogens is 346 g/mol. The van der Waals surface area contributed by atoms with Gasteiger partial charge in [0, 0.05) is 43.1 Å². The van der Waals surface area contributed by atoms with Gasteiger partial charge in [0.05, 0.1) is 11.4 Å². The molecule has 2 aromatic heterocycles. The van der Waals surface area contributed by atoms with Gasteiger partial charge in [0.25, 0.3) is 0 Å². The van der Waals surface area contributed by atoms with Crippen molar-refractivity contribution in [2.75, 3.05) is 13.1 Å². The molecule has 5 rings (SSSR count). The summed E-state index contributed by atoms with van der Waals surface area (Å²) in [6.07, 6.45) is 7.79. The van der Waals surface area contributed by atoms with E-state index in [1.165, 1.54) is 36.1 Å². The van der Waals surface area contributed by atoms with E-state index in [-0.39, 0.29) is 0 Å². The fourth-order valence-corrected chi connectivity index (χ4v) is 4.86. The lowest BCUT2D eigenvalue weighted by molar-refractivity contribution is 0.191. The number of aromatic nitrogens is 3. The van der Waals surface area contributed by atoms with Gasteiger partial charge in [-0.05, 0) is 43.4 Å². The molecule has 2 bridgehead atoms. The molecular formula is C23H29N5. The van der Waals surface area contributed by atoms with E-state index in [0.29, 0.717) is 18.0 Å². The Bertz CT molecular complexity index is 945. The zero-order valence-electron chi connectivity index (χ0n) is 16.8. The fourth-order valence-electron chi connectivity index (χ4n) is 4.86. The quantitative estimate of drug-likeness (QED) is 0.752. The second-order valence-corrected chi connectivity index (χ2v) is 8.52. The summed E-state index contributed by atoms with van der Waals surface area (Å²) in [5.41, 5.74) is 4.89. The van der Waals surface area contributed by atoms with E-state index >= 15 is 0 Å². The van der Waals surface area contributed by atoms with Crippen LogP contribution in [0.2, 0.25) is 0 Å². The lowest BCUT2D eigenvalue weighted by atomic mass is 10.0. The fraction of sp³-hybridized carbons (Fsp3) is 0.478. The highest BCUT2D eigenvalue weighted by atomic mass is 15.3. The van der Waals surface area contributed by atoms with E-state index in [2.05, 4.69) is 63.9 Å². The minimum atomic E-state index is 0.538. The van der Waals surface area contributed by atoms with E-state index in [0.717, 1.165) is 31.1 Å². The number of nitrogens with zero attached hydrogens (tertiary/aromatic N) is 4. The van der Waals surface area contributed by atoms with Gasteiger partial charge >= 0.3 is 0 Å². The standard InChI is InChI=1S/C23H29N5/c1-16(2)17-4-6-18(7-5-17)22-21(27-13-3-11-25-23(27)26-22)15-28-19-8-9-20(28)14-24-12-10-19/h3-7,11,13,16,19-20,24H,8-10,12,14-15H2,1-2H3. The van der Waals surface area contributed by atoms with Crippen LogP contribution in [0.15, 0.2) is 42.7 Å². The van der Waals surface area contributed by atoms with Gasteiger partial charge in [0.1, 0.15) is 0 Å². The second kappa shape index (κ2) is 7.30. The highest BCUT2D eigenvalue weighted by molar-refractivity contribution is 5.65. The molecule has 0 spiro atoms. The monoisotopic (exact) mass is 375 g/mol. The van der Waals surface area contributed by atoms with Crippen molar-refractivity contribution in [1.82, 2.24) is 24.6 Å². The van der Waals surface area contributed by atoms with Crippen molar-refractivity contribution in [3.05, 3.63) is 54.0 Å². The summed E-state index contributed by atoms with van der Waals surface area (Å²) < 4.78 is 2.18. The molecule has 2 unspecified atom stereocenters. The molecule has 1 aromatic carbocycles. The first-order valence-corrected chi connectivity index (χ1v) is 10.6. The van der Waals surface area contributed by atoms with Gasteiger partial charge < -0.3 is 5.32 Å². The smallest absolute Gasteiger partial charge is 0.234 e. The predicted octanol–water partition coefficient (Wildman–Crippen LogP) is 3.85. The third kappa shape index (κ3) is 3.12. The van der Waals surface area contributed by atoms with Gasteiger partial charge in [-0.3, -0.25) is 9.30 Å². The number of benzene rings is 1. The first kappa shape index (κ1) is 17.8. The van der Waals surface area contributed by atoms with E-state index in [1.54, 1.807) is 0 Å². The Balaban J connectivity index is 1.56. The Hall–Kier alpha value is -2.24. The third-order valence-corrected chi connectivity index (χ3v) is 6.49. The maximum atomic E-state index is 4.93. The molecule has 2 saturated heterocycles. The minimum Gasteiger partial charge on any atom is -0.315 e. The van der Waals surface area contributed by atoms with Gasteiger partial charge in [-0.25, -0.2) is 9.97 Å². The summed E-state index contributed by atoms with van der Waals surface area (Å²) in [6, 6.07) is 12.2. The molecule has 5 nitrogen and oxygen atoms in total. The zero-order valence-corrected chi connectivity index (χ0v) is 16.8. The summed E-state index contributed by atoms with van der Waals surface area (Å²) in [5, 5.41) is 3.61. The van der Waals surface area contributed by atoms with Crippen molar-refractivity contribution in [3.63, 3.8) is 0 Å². The van der Waals surface area contributed by atoms with Crippen molar-refractivity contribution < 1.29 is 0 Å². The maximum absolute atomic E-state index is 4.93. The zero-order chi connectivity index (χ0) is 19.1. The Morgan fingerprint density at radius 3 is 2.75 bits per heavy atom. The minimum absolute atomic E-state index is 0.538. The lowest BCUT2D eigenvalue weighted by Crippen LogP contribution is -2.37. The van der Waals surface area contributed by atoms with Gasteiger partial charge in [-0.15, -0.1) is 0 Å². The van der Waals surface area contributed by atoms with Crippen LogP contribution in [0.5, 0.6) is 0 Å². The van der Waals surface area contributed by atoms with Crippen LogP contribution < -0.4 is 5.32 Å². The first-order valence-electron chi connectivity index (χ1n) is 10.6. The topological polar surface area (TPSA) is 45.5 Å². The molecule has 2 fully saturated rings. The Kier molecular flexibility index (Phi) is 4.65. The Morgan fingerprint density at radius 1 is 1.11 bits per heavy atom. The van der Waals surface area contributed by atoms with Crippen molar-refractivity contribution >= 4 is 5.78 Å². The summed E-state index contributed by atoms with van der Waals surface area (Å²) in [7, 11) is 0. The third-order valence-electron chi connectivity index (χ3n) is 6.49. The molecule has 2 aliphatic rings. The molecule has 1 N–H and O–H groups in total. The van der Waals surface area contributed by atoms with Crippen LogP contribution in [0, 0.1) is 0 Å². The number of imidazole rings is 1. The Morgan fingerprint density at radius 2 is 1.93 bits per heavy atom. The SMILES string of the molecule is CC(C)c1ccc(-c2nc3ncccn3c2CN2C3CCNCC2CC3)cc1. The summed E-state index contributed by atoms with van der Waals surface area (Å²) >= 11 is 0. The highest BCUT2D eigenvalue weighted by Gasteiger charge is 2.35. The molecule has 5 heteroatoms.